The summed E-state index contributed by atoms with van der Waals surface area (Å²) < 4.78 is 26.9. The monoisotopic (exact) mass is 478 g/mol. The van der Waals surface area contributed by atoms with Crippen LogP contribution < -0.4 is 10.6 Å². The molecule has 2 heterocycles. The molecule has 0 amide bonds. The number of rotatable bonds is 4. The van der Waals surface area contributed by atoms with E-state index in [4.69, 9.17) is 0 Å². The molecule has 2 saturated heterocycles. The molecule has 2 aliphatic rings. The molecule has 146 valence electrons. The SMILES string of the molecule is CN=C(NCCc1cccc(F)c1F)NC1CC2CCCC(C1)N2C.I. The number of nitrogens with one attached hydrogen (secondary N) is 2. The van der Waals surface area contributed by atoms with Crippen molar-refractivity contribution in [2.45, 2.75) is 56.7 Å². The third-order valence-corrected chi connectivity index (χ3v) is 5.62. The average Bonchev–Trinajstić information content (AvgIpc) is 2.58. The molecule has 2 bridgehead atoms. The predicted octanol–water partition coefficient (Wildman–Crippen LogP) is 3.31. The van der Waals surface area contributed by atoms with Crippen LogP contribution in [0.5, 0.6) is 0 Å². The Morgan fingerprint density at radius 2 is 1.92 bits per heavy atom. The Labute approximate surface area is 171 Å². The Morgan fingerprint density at radius 1 is 1.23 bits per heavy atom. The van der Waals surface area contributed by atoms with E-state index in [-0.39, 0.29) is 24.0 Å². The van der Waals surface area contributed by atoms with Gasteiger partial charge in [0, 0.05) is 31.7 Å². The van der Waals surface area contributed by atoms with Gasteiger partial charge in [0.05, 0.1) is 0 Å². The number of piperidine rings is 2. The Balaban J connectivity index is 0.00000243. The maximum Gasteiger partial charge on any atom is 0.191 e. The molecule has 2 N–H and O–H groups in total. The lowest BCUT2D eigenvalue weighted by molar-refractivity contribution is 0.0526. The van der Waals surface area contributed by atoms with Crippen molar-refractivity contribution in [3.05, 3.63) is 35.4 Å². The van der Waals surface area contributed by atoms with Gasteiger partial charge < -0.3 is 15.5 Å². The molecule has 4 nitrogen and oxygen atoms in total. The van der Waals surface area contributed by atoms with Gasteiger partial charge in [0.2, 0.25) is 0 Å². The second kappa shape index (κ2) is 9.82. The van der Waals surface area contributed by atoms with Crippen molar-refractivity contribution in [3.63, 3.8) is 0 Å². The van der Waals surface area contributed by atoms with Crippen LogP contribution in [0.4, 0.5) is 8.78 Å². The summed E-state index contributed by atoms with van der Waals surface area (Å²) in [6.07, 6.45) is 6.56. The molecule has 0 aliphatic carbocycles. The van der Waals surface area contributed by atoms with E-state index in [1.54, 1.807) is 13.1 Å². The van der Waals surface area contributed by atoms with Crippen LogP contribution in [0.15, 0.2) is 23.2 Å². The summed E-state index contributed by atoms with van der Waals surface area (Å²) in [5, 5.41) is 6.74. The van der Waals surface area contributed by atoms with Gasteiger partial charge in [0.25, 0.3) is 0 Å². The quantitative estimate of drug-likeness (QED) is 0.397. The van der Waals surface area contributed by atoms with Crippen LogP contribution in [0.1, 0.15) is 37.7 Å². The fraction of sp³-hybridized carbons (Fsp3) is 0.632. The molecule has 7 heteroatoms. The van der Waals surface area contributed by atoms with Gasteiger partial charge in [-0.25, -0.2) is 8.78 Å². The van der Waals surface area contributed by atoms with Crippen LogP contribution in [0.25, 0.3) is 0 Å². The highest BCUT2D eigenvalue weighted by atomic mass is 127. The molecule has 3 rings (SSSR count). The fourth-order valence-corrected chi connectivity index (χ4v) is 4.18. The van der Waals surface area contributed by atoms with Crippen molar-refractivity contribution in [1.82, 2.24) is 15.5 Å². The zero-order chi connectivity index (χ0) is 17.8. The smallest absolute Gasteiger partial charge is 0.191 e. The third kappa shape index (κ3) is 5.06. The number of guanidine groups is 1. The molecule has 0 radical (unpaired) electrons. The van der Waals surface area contributed by atoms with Crippen LogP contribution in [-0.4, -0.2) is 49.6 Å². The molecule has 2 fully saturated rings. The lowest BCUT2D eigenvalue weighted by atomic mass is 9.82. The van der Waals surface area contributed by atoms with Gasteiger partial charge in [0.1, 0.15) is 0 Å². The first-order valence-corrected chi connectivity index (χ1v) is 9.20. The summed E-state index contributed by atoms with van der Waals surface area (Å²) in [7, 11) is 3.99. The van der Waals surface area contributed by atoms with E-state index >= 15 is 0 Å². The zero-order valence-electron chi connectivity index (χ0n) is 15.5. The van der Waals surface area contributed by atoms with Gasteiger partial charge in [0.15, 0.2) is 17.6 Å². The number of nitrogens with zero attached hydrogens (tertiary/aromatic N) is 2. The lowest BCUT2D eigenvalue weighted by Crippen LogP contribution is -2.56. The molecule has 1 aromatic carbocycles. The van der Waals surface area contributed by atoms with Crippen molar-refractivity contribution in [2.75, 3.05) is 20.6 Å². The van der Waals surface area contributed by atoms with Gasteiger partial charge in [-0.2, -0.15) is 0 Å². The van der Waals surface area contributed by atoms with Gasteiger partial charge in [-0.15, -0.1) is 24.0 Å². The summed E-state index contributed by atoms with van der Waals surface area (Å²) in [5.41, 5.74) is 0.386. The van der Waals surface area contributed by atoms with Crippen LogP contribution in [0.2, 0.25) is 0 Å². The van der Waals surface area contributed by atoms with Crippen LogP contribution >= 0.6 is 24.0 Å². The Kier molecular flexibility index (Phi) is 8.06. The maximum atomic E-state index is 13.7. The van der Waals surface area contributed by atoms with E-state index < -0.39 is 11.6 Å². The largest absolute Gasteiger partial charge is 0.356 e. The number of hydrogen-bond acceptors (Lipinski definition) is 2. The molecule has 1 aromatic rings. The standard InChI is InChI=1S/C19H28F2N4.HI/c1-22-19(23-10-9-13-5-3-8-17(20)18(13)21)24-14-11-15-6-4-7-16(12-14)25(15)2;/h3,5,8,14-16H,4,6-7,9-12H2,1-2H3,(H2,22,23,24);1H. The summed E-state index contributed by atoms with van der Waals surface area (Å²) in [6, 6.07) is 6.04. The lowest BCUT2D eigenvalue weighted by Gasteiger charge is -2.47. The highest BCUT2D eigenvalue weighted by Crippen LogP contribution is 2.32. The second-order valence-electron chi connectivity index (χ2n) is 7.18. The molecule has 26 heavy (non-hydrogen) atoms. The van der Waals surface area contributed by atoms with Crippen LogP contribution in [0, 0.1) is 11.6 Å². The summed E-state index contributed by atoms with van der Waals surface area (Å²) in [5.74, 6) is -0.808. The van der Waals surface area contributed by atoms with Gasteiger partial charge in [-0.05, 0) is 50.8 Å². The predicted molar refractivity (Wildman–Crippen MR) is 112 cm³/mol. The minimum absolute atomic E-state index is 0. The van der Waals surface area contributed by atoms with Crippen molar-refractivity contribution >= 4 is 29.9 Å². The first-order valence-electron chi connectivity index (χ1n) is 9.20. The number of halogens is 3. The second-order valence-corrected chi connectivity index (χ2v) is 7.18. The molecule has 0 saturated carbocycles. The van der Waals surface area contributed by atoms with E-state index in [0.717, 1.165) is 24.9 Å². The molecule has 0 spiro atoms. The van der Waals surface area contributed by atoms with E-state index in [0.29, 0.717) is 36.7 Å². The first-order chi connectivity index (χ1) is 12.1. The van der Waals surface area contributed by atoms with Gasteiger partial charge in [-0.3, -0.25) is 4.99 Å². The van der Waals surface area contributed by atoms with Crippen molar-refractivity contribution in [1.29, 1.82) is 0 Å². The topological polar surface area (TPSA) is 39.7 Å². The minimum atomic E-state index is -0.794. The summed E-state index contributed by atoms with van der Waals surface area (Å²) in [4.78, 5) is 6.81. The average molecular weight is 478 g/mol. The maximum absolute atomic E-state index is 13.7. The highest BCUT2D eigenvalue weighted by molar-refractivity contribution is 14.0. The number of benzene rings is 1. The van der Waals surface area contributed by atoms with Crippen molar-refractivity contribution in [3.8, 4) is 0 Å². The Hall–Kier alpha value is -0.960. The summed E-state index contributed by atoms with van der Waals surface area (Å²) in [6.45, 7) is 0.513. The fourth-order valence-electron chi connectivity index (χ4n) is 4.18. The first kappa shape index (κ1) is 21.3. The number of hydrogen-bond donors (Lipinski definition) is 2. The van der Waals surface area contributed by atoms with E-state index in [1.165, 1.54) is 25.3 Å². The molecule has 0 aromatic heterocycles. The van der Waals surface area contributed by atoms with Gasteiger partial charge in [-0.1, -0.05) is 18.6 Å². The minimum Gasteiger partial charge on any atom is -0.356 e. The van der Waals surface area contributed by atoms with E-state index in [9.17, 15) is 8.78 Å². The highest BCUT2D eigenvalue weighted by Gasteiger charge is 2.36. The third-order valence-electron chi connectivity index (χ3n) is 5.62. The van der Waals surface area contributed by atoms with Crippen LogP contribution in [0.3, 0.4) is 0 Å². The molecule has 2 unspecified atom stereocenters. The van der Waals surface area contributed by atoms with Crippen molar-refractivity contribution < 1.29 is 8.78 Å². The summed E-state index contributed by atoms with van der Waals surface area (Å²) >= 11 is 0. The molecular formula is C19H29F2IN4. The van der Waals surface area contributed by atoms with Crippen LogP contribution in [-0.2, 0) is 6.42 Å². The van der Waals surface area contributed by atoms with E-state index in [2.05, 4.69) is 27.6 Å². The molecular weight excluding hydrogens is 449 g/mol. The Morgan fingerprint density at radius 3 is 2.58 bits per heavy atom. The Bertz CT molecular complexity index is 612. The normalized spacial score (nSPS) is 26.2. The molecule has 2 atom stereocenters. The van der Waals surface area contributed by atoms with Gasteiger partial charge >= 0.3 is 0 Å². The number of fused-ring (bicyclic) bond motifs is 2. The zero-order valence-corrected chi connectivity index (χ0v) is 17.8. The molecule has 2 aliphatic heterocycles. The number of aliphatic imine (C=N–C) groups is 1. The van der Waals surface area contributed by atoms with E-state index in [1.807, 2.05) is 0 Å². The van der Waals surface area contributed by atoms with Crippen molar-refractivity contribution in [2.24, 2.45) is 4.99 Å².